The van der Waals surface area contributed by atoms with Crippen molar-refractivity contribution in [1.29, 1.82) is 0 Å². The van der Waals surface area contributed by atoms with Crippen LogP contribution in [0.4, 0.5) is 0 Å². The summed E-state index contributed by atoms with van der Waals surface area (Å²) < 4.78 is 0. The summed E-state index contributed by atoms with van der Waals surface area (Å²) in [7, 11) is 2.05. The number of nitrogens with one attached hydrogen (secondary N) is 1. The van der Waals surface area contributed by atoms with Crippen molar-refractivity contribution in [2.45, 2.75) is 26.7 Å². The van der Waals surface area contributed by atoms with Gasteiger partial charge in [-0.05, 0) is 54.8 Å². The average molecular weight is 209 g/mol. The fourth-order valence-electron chi connectivity index (χ4n) is 2.68. The molecule has 0 aromatic carbocycles. The zero-order valence-corrected chi connectivity index (χ0v) is 10.2. The van der Waals surface area contributed by atoms with E-state index >= 15 is 0 Å². The van der Waals surface area contributed by atoms with E-state index in [0.29, 0.717) is 5.41 Å². The first-order valence-corrected chi connectivity index (χ1v) is 6.15. The highest BCUT2D eigenvalue weighted by molar-refractivity contribution is 7.10. The van der Waals surface area contributed by atoms with E-state index in [2.05, 4.69) is 37.5 Å². The van der Waals surface area contributed by atoms with Crippen LogP contribution in [0.15, 0.2) is 11.4 Å². The molecule has 0 amide bonds. The van der Waals surface area contributed by atoms with E-state index in [1.54, 1.807) is 5.56 Å². The maximum Gasteiger partial charge on any atom is 0.00493 e. The maximum absolute atomic E-state index is 3.30. The van der Waals surface area contributed by atoms with Crippen molar-refractivity contribution >= 4 is 11.3 Å². The van der Waals surface area contributed by atoms with Gasteiger partial charge in [0.2, 0.25) is 0 Å². The number of rotatable bonds is 3. The monoisotopic (exact) mass is 209 g/mol. The van der Waals surface area contributed by atoms with E-state index in [0.717, 1.165) is 18.4 Å². The third kappa shape index (κ3) is 1.41. The second kappa shape index (κ2) is 3.35. The minimum Gasteiger partial charge on any atom is -0.319 e. The lowest BCUT2D eigenvalue weighted by atomic mass is 10.0. The number of hydrogen-bond donors (Lipinski definition) is 1. The molecule has 1 fully saturated rings. The van der Waals surface area contributed by atoms with Crippen molar-refractivity contribution < 1.29 is 0 Å². The van der Waals surface area contributed by atoms with E-state index in [-0.39, 0.29) is 0 Å². The van der Waals surface area contributed by atoms with Crippen LogP contribution in [-0.2, 0) is 0 Å². The summed E-state index contributed by atoms with van der Waals surface area (Å²) >= 11 is 1.87. The van der Waals surface area contributed by atoms with Crippen LogP contribution >= 0.6 is 11.3 Å². The van der Waals surface area contributed by atoms with Crippen LogP contribution in [0.2, 0.25) is 0 Å². The molecule has 1 N–H and O–H groups in total. The van der Waals surface area contributed by atoms with Gasteiger partial charge in [-0.25, -0.2) is 0 Å². The van der Waals surface area contributed by atoms with E-state index in [4.69, 9.17) is 0 Å². The van der Waals surface area contributed by atoms with Crippen LogP contribution in [0.25, 0.3) is 0 Å². The highest BCUT2D eigenvalue weighted by Gasteiger charge is 2.57. The lowest BCUT2D eigenvalue weighted by Gasteiger charge is -2.01. The van der Waals surface area contributed by atoms with E-state index in [1.807, 2.05) is 18.4 Å². The van der Waals surface area contributed by atoms with E-state index in [1.165, 1.54) is 4.88 Å². The first-order valence-electron chi connectivity index (χ1n) is 5.27. The summed E-state index contributed by atoms with van der Waals surface area (Å²) in [5.41, 5.74) is 2.08. The highest BCUT2D eigenvalue weighted by Crippen LogP contribution is 2.64. The Labute approximate surface area is 90.5 Å². The van der Waals surface area contributed by atoms with Gasteiger partial charge in [-0.2, -0.15) is 0 Å². The van der Waals surface area contributed by atoms with Crippen LogP contribution in [-0.4, -0.2) is 13.6 Å². The standard InChI is InChI=1S/C12H19NS/c1-8-9(5-6-14-8)11-10(7-13-4)12(11,2)3/h5-6,10-11,13H,7H2,1-4H3. The predicted octanol–water partition coefficient (Wildman–Crippen LogP) is 3.02. The molecule has 1 aliphatic rings. The van der Waals surface area contributed by atoms with Crippen molar-refractivity contribution in [3.63, 3.8) is 0 Å². The molecule has 0 radical (unpaired) electrons. The van der Waals surface area contributed by atoms with Crippen LogP contribution in [0.1, 0.15) is 30.2 Å². The molecular formula is C12H19NS. The fraction of sp³-hybridized carbons (Fsp3) is 0.667. The predicted molar refractivity (Wildman–Crippen MR) is 63.0 cm³/mol. The van der Waals surface area contributed by atoms with Gasteiger partial charge in [-0.15, -0.1) is 11.3 Å². The first kappa shape index (κ1) is 10.2. The summed E-state index contributed by atoms with van der Waals surface area (Å²) in [5.74, 6) is 1.60. The first-order chi connectivity index (χ1) is 6.59. The largest absolute Gasteiger partial charge is 0.319 e. The molecule has 1 aromatic rings. The Kier molecular flexibility index (Phi) is 2.44. The highest BCUT2D eigenvalue weighted by atomic mass is 32.1. The molecule has 0 spiro atoms. The summed E-state index contributed by atoms with van der Waals surface area (Å²) in [6.45, 7) is 8.16. The quantitative estimate of drug-likeness (QED) is 0.807. The molecule has 14 heavy (non-hydrogen) atoms. The normalized spacial score (nSPS) is 29.1. The lowest BCUT2D eigenvalue weighted by Crippen LogP contribution is -2.12. The zero-order valence-electron chi connectivity index (χ0n) is 9.42. The third-order valence-corrected chi connectivity index (χ3v) is 4.57. The topological polar surface area (TPSA) is 12.0 Å². The average Bonchev–Trinajstić information content (AvgIpc) is 2.46. The van der Waals surface area contributed by atoms with Gasteiger partial charge in [0.15, 0.2) is 0 Å². The molecule has 1 nitrogen and oxygen atoms in total. The van der Waals surface area contributed by atoms with Crippen LogP contribution in [0, 0.1) is 18.3 Å². The molecule has 0 aliphatic heterocycles. The molecule has 1 saturated carbocycles. The van der Waals surface area contributed by atoms with Crippen LogP contribution < -0.4 is 5.32 Å². The lowest BCUT2D eigenvalue weighted by molar-refractivity contribution is 0.536. The molecule has 2 unspecified atom stereocenters. The molecule has 0 bridgehead atoms. The third-order valence-electron chi connectivity index (χ3n) is 3.71. The molecule has 1 aliphatic carbocycles. The van der Waals surface area contributed by atoms with Crippen LogP contribution in [0.3, 0.4) is 0 Å². The Morgan fingerprint density at radius 1 is 1.50 bits per heavy atom. The van der Waals surface area contributed by atoms with Crippen molar-refractivity contribution in [1.82, 2.24) is 5.32 Å². The Bertz CT molecular complexity index is 327. The van der Waals surface area contributed by atoms with E-state index in [9.17, 15) is 0 Å². The number of thiophene rings is 1. The van der Waals surface area contributed by atoms with Gasteiger partial charge in [-0.3, -0.25) is 0 Å². The summed E-state index contributed by atoms with van der Waals surface area (Å²) in [5, 5.41) is 5.52. The molecule has 2 atom stereocenters. The fourth-order valence-corrected chi connectivity index (χ4v) is 3.43. The van der Waals surface area contributed by atoms with Crippen molar-refractivity contribution in [3.8, 4) is 0 Å². The summed E-state index contributed by atoms with van der Waals surface area (Å²) in [4.78, 5) is 1.50. The van der Waals surface area contributed by atoms with Crippen molar-refractivity contribution in [2.75, 3.05) is 13.6 Å². The molecule has 78 valence electrons. The molecule has 2 heteroatoms. The van der Waals surface area contributed by atoms with Gasteiger partial charge in [0, 0.05) is 4.88 Å². The van der Waals surface area contributed by atoms with Crippen LogP contribution in [0.5, 0.6) is 0 Å². The van der Waals surface area contributed by atoms with Gasteiger partial charge in [0.05, 0.1) is 0 Å². The van der Waals surface area contributed by atoms with E-state index < -0.39 is 0 Å². The maximum atomic E-state index is 3.30. The van der Waals surface area contributed by atoms with Gasteiger partial charge >= 0.3 is 0 Å². The van der Waals surface area contributed by atoms with Gasteiger partial charge in [-0.1, -0.05) is 13.8 Å². The minimum absolute atomic E-state index is 0.495. The number of aryl methyl sites for hydroxylation is 1. The second-order valence-corrected chi connectivity index (χ2v) is 6.02. The van der Waals surface area contributed by atoms with Crippen molar-refractivity contribution in [3.05, 3.63) is 21.9 Å². The minimum atomic E-state index is 0.495. The summed E-state index contributed by atoms with van der Waals surface area (Å²) in [6.07, 6.45) is 0. The molecule has 1 aromatic heterocycles. The van der Waals surface area contributed by atoms with Gasteiger partial charge in [0.25, 0.3) is 0 Å². The Hall–Kier alpha value is -0.340. The van der Waals surface area contributed by atoms with Gasteiger partial charge < -0.3 is 5.32 Å². The molecular weight excluding hydrogens is 190 g/mol. The molecule has 2 rings (SSSR count). The summed E-state index contributed by atoms with van der Waals surface area (Å²) in [6, 6.07) is 2.31. The van der Waals surface area contributed by atoms with Crippen molar-refractivity contribution in [2.24, 2.45) is 11.3 Å². The second-order valence-electron chi connectivity index (χ2n) is 4.90. The number of hydrogen-bond acceptors (Lipinski definition) is 2. The zero-order chi connectivity index (χ0) is 10.3. The Balaban J connectivity index is 2.18. The molecule has 1 heterocycles. The molecule has 0 saturated heterocycles. The van der Waals surface area contributed by atoms with Gasteiger partial charge in [0.1, 0.15) is 0 Å². The Morgan fingerprint density at radius 2 is 2.21 bits per heavy atom. The smallest absolute Gasteiger partial charge is 0.00493 e. The SMILES string of the molecule is CNCC1C(c2ccsc2C)C1(C)C. The Morgan fingerprint density at radius 3 is 2.71 bits per heavy atom.